The Morgan fingerprint density at radius 1 is 1.10 bits per heavy atom. The Balaban J connectivity index is 1.88. The highest BCUT2D eigenvalue weighted by Crippen LogP contribution is 2.28. The lowest BCUT2D eigenvalue weighted by molar-refractivity contribution is 0.0965. The van der Waals surface area contributed by atoms with E-state index in [-0.39, 0.29) is 23.4 Å². The molecule has 0 aliphatic carbocycles. The number of carbonyl (C=O) groups is 1. The van der Waals surface area contributed by atoms with Crippen LogP contribution in [-0.4, -0.2) is 52.6 Å². The van der Waals surface area contributed by atoms with Crippen LogP contribution >= 0.6 is 0 Å². The van der Waals surface area contributed by atoms with Crippen LogP contribution in [0.2, 0.25) is 0 Å². The number of nitrogens with one attached hydrogen (secondary N) is 1. The number of ether oxygens (including phenoxy) is 3. The molecule has 9 heteroatoms. The molecule has 0 saturated heterocycles. The maximum Gasteiger partial charge on any atom is 0.242 e. The normalized spacial score (nSPS) is 11.6. The molecule has 3 rings (SSSR count). The fourth-order valence-corrected chi connectivity index (χ4v) is 2.87. The summed E-state index contributed by atoms with van der Waals surface area (Å²) in [7, 11) is 3.16. The van der Waals surface area contributed by atoms with E-state index >= 15 is 0 Å². The number of nitrogens with zero attached hydrogens (tertiary/aromatic N) is 4. The molecule has 9 nitrogen and oxygen atoms in total. The minimum Gasteiger partial charge on any atom is -0.497 e. The van der Waals surface area contributed by atoms with Crippen molar-refractivity contribution in [3.63, 3.8) is 0 Å². The first-order chi connectivity index (χ1) is 14.2. The SMILES string of the molecule is COCCOc1ccc2nn(CC(=O)c3cc(OC)cc(C(C)(C)C)c3)c(=N)n2n1. The highest BCUT2D eigenvalue weighted by atomic mass is 16.5. The monoisotopic (exact) mass is 413 g/mol. The van der Waals surface area contributed by atoms with Gasteiger partial charge in [0.15, 0.2) is 11.4 Å². The number of rotatable bonds is 8. The van der Waals surface area contributed by atoms with Crippen molar-refractivity contribution in [2.24, 2.45) is 0 Å². The maximum absolute atomic E-state index is 13.0. The quantitative estimate of drug-likeness (QED) is 0.449. The van der Waals surface area contributed by atoms with Gasteiger partial charge in [-0.25, -0.2) is 4.68 Å². The zero-order valence-corrected chi connectivity index (χ0v) is 17.9. The second-order valence-corrected chi connectivity index (χ2v) is 7.89. The molecule has 3 aromatic rings. The third-order valence-corrected chi connectivity index (χ3v) is 4.62. The van der Waals surface area contributed by atoms with Crippen molar-refractivity contribution >= 4 is 11.4 Å². The third-order valence-electron chi connectivity index (χ3n) is 4.62. The number of benzene rings is 1. The summed E-state index contributed by atoms with van der Waals surface area (Å²) in [5.41, 5.74) is 1.81. The summed E-state index contributed by atoms with van der Waals surface area (Å²) < 4.78 is 18.5. The number of carbonyl (C=O) groups excluding carboxylic acids is 1. The largest absolute Gasteiger partial charge is 0.497 e. The van der Waals surface area contributed by atoms with Crippen molar-refractivity contribution in [3.8, 4) is 11.6 Å². The average molecular weight is 413 g/mol. The van der Waals surface area contributed by atoms with Crippen molar-refractivity contribution in [2.75, 3.05) is 27.4 Å². The Kier molecular flexibility index (Phi) is 6.21. The van der Waals surface area contributed by atoms with Gasteiger partial charge >= 0.3 is 0 Å². The molecule has 0 aliphatic heterocycles. The van der Waals surface area contributed by atoms with Gasteiger partial charge < -0.3 is 14.2 Å². The second-order valence-electron chi connectivity index (χ2n) is 7.89. The van der Waals surface area contributed by atoms with Gasteiger partial charge in [0.25, 0.3) is 0 Å². The Morgan fingerprint density at radius 2 is 1.87 bits per heavy atom. The molecule has 160 valence electrons. The van der Waals surface area contributed by atoms with Crippen LogP contribution in [0.5, 0.6) is 11.6 Å². The van der Waals surface area contributed by atoms with Gasteiger partial charge in [0, 0.05) is 18.7 Å². The number of ketones is 1. The number of aromatic nitrogens is 4. The Labute approximate surface area is 174 Å². The van der Waals surface area contributed by atoms with E-state index in [1.54, 1.807) is 32.4 Å². The number of fused-ring (bicyclic) bond motifs is 1. The molecule has 2 aromatic heterocycles. The summed E-state index contributed by atoms with van der Waals surface area (Å²) in [6, 6.07) is 8.86. The summed E-state index contributed by atoms with van der Waals surface area (Å²) in [5, 5.41) is 16.9. The minimum atomic E-state index is -0.169. The van der Waals surface area contributed by atoms with E-state index < -0.39 is 0 Å². The topological polar surface area (TPSA) is 104 Å². The van der Waals surface area contributed by atoms with Gasteiger partial charge in [-0.2, -0.15) is 4.52 Å². The standard InChI is InChI=1S/C21H27N5O4/c1-21(2,3)15-10-14(11-16(12-15)29-5)17(27)13-25-20(22)26-18(23-25)6-7-19(24-26)30-9-8-28-4/h6-7,10-12,22H,8-9,13H2,1-5H3. The van der Waals surface area contributed by atoms with E-state index in [0.29, 0.717) is 36.1 Å². The van der Waals surface area contributed by atoms with Gasteiger partial charge in [-0.1, -0.05) is 20.8 Å². The molecular weight excluding hydrogens is 386 g/mol. The summed E-state index contributed by atoms with van der Waals surface area (Å²) in [5.74, 6) is 0.806. The van der Waals surface area contributed by atoms with Gasteiger partial charge in [-0.3, -0.25) is 10.2 Å². The smallest absolute Gasteiger partial charge is 0.242 e. The maximum atomic E-state index is 13.0. The lowest BCUT2D eigenvalue weighted by Gasteiger charge is -2.20. The van der Waals surface area contributed by atoms with E-state index in [4.69, 9.17) is 19.6 Å². The number of methoxy groups -OCH3 is 2. The van der Waals surface area contributed by atoms with Crippen LogP contribution in [0.25, 0.3) is 5.65 Å². The molecule has 30 heavy (non-hydrogen) atoms. The molecule has 2 heterocycles. The molecular formula is C21H27N5O4. The molecule has 1 aromatic carbocycles. The summed E-state index contributed by atoms with van der Waals surface area (Å²) >= 11 is 0. The molecule has 0 saturated carbocycles. The summed E-state index contributed by atoms with van der Waals surface area (Å²) in [4.78, 5) is 13.0. The molecule has 0 amide bonds. The van der Waals surface area contributed by atoms with E-state index in [1.807, 2.05) is 12.1 Å². The predicted octanol–water partition coefficient (Wildman–Crippen LogP) is 2.22. The molecule has 0 bridgehead atoms. The van der Waals surface area contributed by atoms with Gasteiger partial charge in [-0.05, 0) is 35.2 Å². The van der Waals surface area contributed by atoms with E-state index in [1.165, 1.54) is 9.20 Å². The van der Waals surface area contributed by atoms with Crippen molar-refractivity contribution in [1.29, 1.82) is 5.41 Å². The van der Waals surface area contributed by atoms with E-state index in [2.05, 4.69) is 31.0 Å². The fourth-order valence-electron chi connectivity index (χ4n) is 2.87. The molecule has 1 N–H and O–H groups in total. The lowest BCUT2D eigenvalue weighted by Crippen LogP contribution is -2.26. The Hall–Kier alpha value is -3.20. The van der Waals surface area contributed by atoms with Crippen LogP contribution in [0.4, 0.5) is 0 Å². The molecule has 0 fully saturated rings. The first kappa shape index (κ1) is 21.5. The Morgan fingerprint density at radius 3 is 2.53 bits per heavy atom. The molecule has 0 atom stereocenters. The van der Waals surface area contributed by atoms with Crippen molar-refractivity contribution in [3.05, 3.63) is 47.1 Å². The van der Waals surface area contributed by atoms with Crippen LogP contribution in [0.1, 0.15) is 36.7 Å². The first-order valence-corrected chi connectivity index (χ1v) is 9.59. The number of hydrogen-bond donors (Lipinski definition) is 1. The van der Waals surface area contributed by atoms with Gasteiger partial charge in [0.05, 0.1) is 13.7 Å². The van der Waals surface area contributed by atoms with Crippen LogP contribution < -0.4 is 15.1 Å². The van der Waals surface area contributed by atoms with Crippen molar-refractivity contribution in [2.45, 2.75) is 32.7 Å². The van der Waals surface area contributed by atoms with Gasteiger partial charge in [-0.15, -0.1) is 10.2 Å². The molecule has 0 spiro atoms. The number of hydrogen-bond acceptors (Lipinski definition) is 7. The molecule has 0 radical (unpaired) electrons. The average Bonchev–Trinajstić information content (AvgIpc) is 3.02. The molecule has 0 unspecified atom stereocenters. The number of Topliss-reactive ketones (excluding diaryl/α,β-unsaturated/α-hetero) is 1. The van der Waals surface area contributed by atoms with Gasteiger partial charge in [0.1, 0.15) is 18.9 Å². The van der Waals surface area contributed by atoms with E-state index in [9.17, 15) is 4.79 Å². The van der Waals surface area contributed by atoms with E-state index in [0.717, 1.165) is 5.56 Å². The fraction of sp³-hybridized carbons (Fsp3) is 0.429. The molecule has 0 aliphatic rings. The lowest BCUT2D eigenvalue weighted by atomic mass is 9.85. The van der Waals surface area contributed by atoms with Crippen LogP contribution in [-0.2, 0) is 16.7 Å². The zero-order valence-electron chi connectivity index (χ0n) is 17.9. The van der Waals surface area contributed by atoms with Crippen molar-refractivity contribution < 1.29 is 19.0 Å². The highest BCUT2D eigenvalue weighted by Gasteiger charge is 2.19. The van der Waals surface area contributed by atoms with Crippen LogP contribution in [0, 0.1) is 5.41 Å². The first-order valence-electron chi connectivity index (χ1n) is 9.59. The zero-order chi connectivity index (χ0) is 21.9. The summed E-state index contributed by atoms with van der Waals surface area (Å²) in [6.07, 6.45) is 0. The highest BCUT2D eigenvalue weighted by molar-refractivity contribution is 5.96. The third kappa shape index (κ3) is 4.68. The van der Waals surface area contributed by atoms with Crippen LogP contribution in [0.15, 0.2) is 30.3 Å². The predicted molar refractivity (Wildman–Crippen MR) is 110 cm³/mol. The second kappa shape index (κ2) is 8.66. The Bertz CT molecular complexity index is 1110. The van der Waals surface area contributed by atoms with Gasteiger partial charge in [0.2, 0.25) is 11.5 Å². The summed E-state index contributed by atoms with van der Waals surface area (Å²) in [6.45, 7) is 6.93. The minimum absolute atomic E-state index is 0.0190. The van der Waals surface area contributed by atoms with Crippen LogP contribution in [0.3, 0.4) is 0 Å². The van der Waals surface area contributed by atoms with Crippen molar-refractivity contribution in [1.82, 2.24) is 19.4 Å².